The SMILES string of the molecule is O=C(c1cc2ncccn2n1)N1C[C@@H]2C[C@H](C1)[C@@H]1CCC[C@H](c3ccccc3)N1C2. The fraction of sp³-hybridized carbons (Fsp3) is 0.458. The summed E-state index contributed by atoms with van der Waals surface area (Å²) in [4.78, 5) is 22.4. The van der Waals surface area contributed by atoms with Gasteiger partial charge < -0.3 is 4.90 Å². The molecule has 2 bridgehead atoms. The molecule has 154 valence electrons. The van der Waals surface area contributed by atoms with Crippen LogP contribution in [-0.4, -0.2) is 56.0 Å². The van der Waals surface area contributed by atoms with Crippen molar-refractivity contribution in [2.75, 3.05) is 19.6 Å². The van der Waals surface area contributed by atoms with Gasteiger partial charge in [-0.05, 0) is 49.1 Å². The van der Waals surface area contributed by atoms with Gasteiger partial charge in [-0.3, -0.25) is 9.69 Å². The van der Waals surface area contributed by atoms with Gasteiger partial charge in [0.2, 0.25) is 0 Å². The summed E-state index contributed by atoms with van der Waals surface area (Å²) in [7, 11) is 0. The van der Waals surface area contributed by atoms with Crippen LogP contribution < -0.4 is 0 Å². The van der Waals surface area contributed by atoms with Crippen molar-refractivity contribution >= 4 is 11.6 Å². The van der Waals surface area contributed by atoms with Gasteiger partial charge in [-0.25, -0.2) is 9.50 Å². The number of hydrogen-bond acceptors (Lipinski definition) is 4. The molecule has 1 amide bonds. The number of nitrogens with zero attached hydrogens (tertiary/aromatic N) is 5. The number of benzene rings is 1. The van der Waals surface area contributed by atoms with E-state index in [-0.39, 0.29) is 5.91 Å². The number of rotatable bonds is 2. The van der Waals surface area contributed by atoms with E-state index in [9.17, 15) is 4.79 Å². The zero-order chi connectivity index (χ0) is 20.1. The van der Waals surface area contributed by atoms with E-state index in [4.69, 9.17) is 0 Å². The Labute approximate surface area is 176 Å². The highest BCUT2D eigenvalue weighted by Gasteiger charge is 2.45. The van der Waals surface area contributed by atoms with E-state index in [1.165, 1.54) is 31.2 Å². The molecule has 0 unspecified atom stereocenters. The molecule has 0 radical (unpaired) electrons. The van der Waals surface area contributed by atoms with E-state index in [2.05, 4.69) is 50.2 Å². The van der Waals surface area contributed by atoms with Crippen molar-refractivity contribution < 1.29 is 4.79 Å². The van der Waals surface area contributed by atoms with Crippen LogP contribution in [0, 0.1) is 11.8 Å². The third kappa shape index (κ3) is 3.01. The van der Waals surface area contributed by atoms with E-state index in [0.29, 0.717) is 29.6 Å². The summed E-state index contributed by atoms with van der Waals surface area (Å²) in [6.45, 7) is 2.78. The van der Waals surface area contributed by atoms with Crippen molar-refractivity contribution in [1.82, 2.24) is 24.4 Å². The highest BCUT2D eigenvalue weighted by Crippen LogP contribution is 2.44. The molecule has 1 aromatic carbocycles. The molecule has 2 aromatic heterocycles. The molecule has 0 aliphatic carbocycles. The quantitative estimate of drug-likeness (QED) is 0.660. The maximum absolute atomic E-state index is 13.3. The summed E-state index contributed by atoms with van der Waals surface area (Å²) >= 11 is 0. The third-order valence-electron chi connectivity index (χ3n) is 7.31. The van der Waals surface area contributed by atoms with Crippen LogP contribution in [0.25, 0.3) is 5.65 Å². The van der Waals surface area contributed by atoms with Gasteiger partial charge in [0.15, 0.2) is 11.3 Å². The average Bonchev–Trinajstić information content (AvgIpc) is 3.23. The van der Waals surface area contributed by atoms with Gasteiger partial charge in [0.25, 0.3) is 5.91 Å². The Morgan fingerprint density at radius 3 is 2.80 bits per heavy atom. The smallest absolute Gasteiger partial charge is 0.274 e. The first kappa shape index (κ1) is 18.1. The number of amides is 1. The molecule has 0 N–H and O–H groups in total. The lowest BCUT2D eigenvalue weighted by molar-refractivity contribution is -0.0512. The van der Waals surface area contributed by atoms with Crippen molar-refractivity contribution in [2.24, 2.45) is 11.8 Å². The Morgan fingerprint density at radius 2 is 1.93 bits per heavy atom. The zero-order valence-electron chi connectivity index (χ0n) is 17.1. The first-order valence-corrected chi connectivity index (χ1v) is 11.2. The minimum Gasteiger partial charge on any atom is -0.337 e. The minimum absolute atomic E-state index is 0.0547. The van der Waals surface area contributed by atoms with Crippen LogP contribution in [-0.2, 0) is 0 Å². The van der Waals surface area contributed by atoms with Gasteiger partial charge in [-0.1, -0.05) is 30.3 Å². The fourth-order valence-electron chi connectivity index (χ4n) is 6.10. The molecule has 0 saturated carbocycles. The maximum atomic E-state index is 13.3. The lowest BCUT2D eigenvalue weighted by atomic mass is 9.74. The van der Waals surface area contributed by atoms with E-state index < -0.39 is 0 Å². The molecule has 3 aromatic rings. The second-order valence-corrected chi connectivity index (χ2v) is 9.15. The Balaban J connectivity index is 1.23. The van der Waals surface area contributed by atoms with Crippen LogP contribution in [0.4, 0.5) is 0 Å². The molecule has 6 rings (SSSR count). The van der Waals surface area contributed by atoms with Gasteiger partial charge in [0, 0.05) is 50.2 Å². The van der Waals surface area contributed by atoms with Crippen LogP contribution in [0.2, 0.25) is 0 Å². The van der Waals surface area contributed by atoms with Crippen molar-refractivity contribution in [3.05, 3.63) is 66.1 Å². The van der Waals surface area contributed by atoms with E-state index in [1.807, 2.05) is 18.3 Å². The fourth-order valence-corrected chi connectivity index (χ4v) is 6.10. The average molecular weight is 402 g/mol. The highest BCUT2D eigenvalue weighted by atomic mass is 16.2. The van der Waals surface area contributed by atoms with Crippen molar-refractivity contribution in [2.45, 2.75) is 37.8 Å². The van der Waals surface area contributed by atoms with E-state index in [1.54, 1.807) is 10.7 Å². The van der Waals surface area contributed by atoms with Gasteiger partial charge in [-0.2, -0.15) is 5.10 Å². The monoisotopic (exact) mass is 401 g/mol. The van der Waals surface area contributed by atoms with Gasteiger partial charge >= 0.3 is 0 Å². The summed E-state index contributed by atoms with van der Waals surface area (Å²) in [6, 6.07) is 15.7. The molecule has 30 heavy (non-hydrogen) atoms. The van der Waals surface area contributed by atoms with Gasteiger partial charge in [-0.15, -0.1) is 0 Å². The zero-order valence-corrected chi connectivity index (χ0v) is 17.1. The molecule has 6 nitrogen and oxygen atoms in total. The molecule has 3 aliphatic rings. The van der Waals surface area contributed by atoms with Gasteiger partial charge in [0.05, 0.1) is 0 Å². The van der Waals surface area contributed by atoms with Crippen LogP contribution >= 0.6 is 0 Å². The molecule has 3 fully saturated rings. The van der Waals surface area contributed by atoms with Crippen LogP contribution in [0.1, 0.15) is 47.8 Å². The van der Waals surface area contributed by atoms with Crippen molar-refractivity contribution in [3.63, 3.8) is 0 Å². The number of aromatic nitrogens is 3. The number of likely N-dealkylation sites (tertiary alicyclic amines) is 1. The topological polar surface area (TPSA) is 53.7 Å². The second-order valence-electron chi connectivity index (χ2n) is 9.15. The Kier molecular flexibility index (Phi) is 4.34. The normalized spacial score (nSPS) is 29.0. The number of piperidine rings is 3. The summed E-state index contributed by atoms with van der Waals surface area (Å²) in [5, 5.41) is 4.47. The molecule has 6 heteroatoms. The summed E-state index contributed by atoms with van der Waals surface area (Å²) < 4.78 is 1.69. The summed E-state index contributed by atoms with van der Waals surface area (Å²) in [5.74, 6) is 1.16. The lowest BCUT2D eigenvalue weighted by Gasteiger charge is -2.55. The number of hydrogen-bond donors (Lipinski definition) is 0. The third-order valence-corrected chi connectivity index (χ3v) is 7.31. The molecular formula is C24H27N5O. The Hall–Kier alpha value is -2.73. The summed E-state index contributed by atoms with van der Waals surface area (Å²) in [5.41, 5.74) is 2.69. The first-order chi connectivity index (χ1) is 14.8. The molecule has 5 heterocycles. The number of fused-ring (bicyclic) bond motifs is 5. The molecule has 0 spiro atoms. The molecule has 3 aliphatic heterocycles. The number of carbonyl (C=O) groups is 1. The standard InChI is InChI=1S/C24H27N5O/c30-24(20-13-23-25-10-5-11-29(23)26-20)27-14-17-12-19(16-27)22-9-4-8-21(28(22)15-17)18-6-2-1-3-7-18/h1-3,5-7,10-11,13,17,19,21-22H,4,8-9,12,14-16H2/t17-,19+,21+,22-/m0/s1. The van der Waals surface area contributed by atoms with E-state index >= 15 is 0 Å². The molecular weight excluding hydrogens is 374 g/mol. The Morgan fingerprint density at radius 1 is 1.03 bits per heavy atom. The van der Waals surface area contributed by atoms with Crippen molar-refractivity contribution in [1.29, 1.82) is 0 Å². The minimum atomic E-state index is 0.0547. The van der Waals surface area contributed by atoms with Crippen LogP contribution in [0.5, 0.6) is 0 Å². The predicted octanol–water partition coefficient (Wildman–Crippen LogP) is 3.42. The lowest BCUT2D eigenvalue weighted by Crippen LogP contribution is -2.60. The molecule has 4 atom stereocenters. The summed E-state index contributed by atoms with van der Waals surface area (Å²) in [6.07, 6.45) is 8.59. The molecule has 3 saturated heterocycles. The predicted molar refractivity (Wildman–Crippen MR) is 114 cm³/mol. The van der Waals surface area contributed by atoms with Crippen molar-refractivity contribution in [3.8, 4) is 0 Å². The number of carbonyl (C=O) groups excluding carboxylic acids is 1. The van der Waals surface area contributed by atoms with Crippen LogP contribution in [0.3, 0.4) is 0 Å². The largest absolute Gasteiger partial charge is 0.337 e. The van der Waals surface area contributed by atoms with Crippen LogP contribution in [0.15, 0.2) is 54.9 Å². The van der Waals surface area contributed by atoms with Gasteiger partial charge in [0.1, 0.15) is 0 Å². The van der Waals surface area contributed by atoms with E-state index in [0.717, 1.165) is 25.3 Å². The maximum Gasteiger partial charge on any atom is 0.274 e. The Bertz CT molecular complexity index is 1030. The highest BCUT2D eigenvalue weighted by molar-refractivity contribution is 5.93. The first-order valence-electron chi connectivity index (χ1n) is 11.2. The second kappa shape index (κ2) is 7.20.